The van der Waals surface area contributed by atoms with Crippen molar-refractivity contribution in [1.29, 1.82) is 0 Å². The third kappa shape index (κ3) is 4.39. The van der Waals surface area contributed by atoms with Gasteiger partial charge in [0.05, 0.1) is 5.92 Å². The van der Waals surface area contributed by atoms with Crippen LogP contribution in [0.2, 0.25) is 0 Å². The summed E-state index contributed by atoms with van der Waals surface area (Å²) in [5.74, 6) is 0.896. The van der Waals surface area contributed by atoms with E-state index in [1.165, 1.54) is 25.7 Å². The second-order valence-electron chi connectivity index (χ2n) is 6.62. The van der Waals surface area contributed by atoms with E-state index in [2.05, 4.69) is 10.6 Å². The summed E-state index contributed by atoms with van der Waals surface area (Å²) in [7, 11) is 0. The Morgan fingerprint density at radius 2 is 1.55 bits per heavy atom. The summed E-state index contributed by atoms with van der Waals surface area (Å²) in [4.78, 5) is 22.8. The van der Waals surface area contributed by atoms with E-state index >= 15 is 0 Å². The second-order valence-corrected chi connectivity index (χ2v) is 6.62. The van der Waals surface area contributed by atoms with Gasteiger partial charge in [0.25, 0.3) is 0 Å². The Labute approximate surface area is 120 Å². The number of carboxylic acid groups (broad SMARTS) is 1. The number of carbonyl (C=O) groups is 2. The Hall–Kier alpha value is -1.26. The van der Waals surface area contributed by atoms with Gasteiger partial charge >= 0.3 is 12.0 Å². The van der Waals surface area contributed by atoms with E-state index in [4.69, 9.17) is 5.11 Å². The molecule has 0 spiro atoms. The molecule has 0 heterocycles. The maximum atomic E-state index is 11.8. The van der Waals surface area contributed by atoms with E-state index < -0.39 is 11.9 Å². The van der Waals surface area contributed by atoms with Gasteiger partial charge in [0.1, 0.15) is 0 Å². The van der Waals surface area contributed by atoms with Crippen LogP contribution in [0.25, 0.3) is 0 Å². The van der Waals surface area contributed by atoms with Crippen molar-refractivity contribution in [1.82, 2.24) is 10.6 Å². The largest absolute Gasteiger partial charge is 0.481 e. The van der Waals surface area contributed by atoms with Crippen LogP contribution in [0.4, 0.5) is 4.79 Å². The van der Waals surface area contributed by atoms with Crippen LogP contribution in [0.3, 0.4) is 0 Å². The number of urea groups is 1. The van der Waals surface area contributed by atoms with Gasteiger partial charge in [-0.25, -0.2) is 4.79 Å². The van der Waals surface area contributed by atoms with Crippen LogP contribution < -0.4 is 10.6 Å². The summed E-state index contributed by atoms with van der Waals surface area (Å²) in [5.41, 5.74) is 0. The molecule has 2 aliphatic carbocycles. The number of hydrogen-bond acceptors (Lipinski definition) is 2. The third-order valence-corrected chi connectivity index (χ3v) is 4.56. The molecular formula is C15H26N2O3. The van der Waals surface area contributed by atoms with E-state index in [1.807, 2.05) is 13.8 Å². The van der Waals surface area contributed by atoms with Crippen LogP contribution in [-0.2, 0) is 4.79 Å². The highest BCUT2D eigenvalue weighted by Crippen LogP contribution is 2.48. The number of aliphatic carboxylic acids is 1. The number of carboxylic acids is 1. The minimum absolute atomic E-state index is 0.0125. The van der Waals surface area contributed by atoms with Crippen molar-refractivity contribution in [2.45, 2.75) is 39.5 Å². The summed E-state index contributed by atoms with van der Waals surface area (Å²) in [5, 5.41) is 14.7. The molecule has 0 aromatic carbocycles. The van der Waals surface area contributed by atoms with Gasteiger partial charge in [-0.2, -0.15) is 0 Å². The van der Waals surface area contributed by atoms with E-state index in [-0.39, 0.29) is 18.5 Å². The van der Waals surface area contributed by atoms with Crippen molar-refractivity contribution in [2.75, 3.05) is 13.1 Å². The van der Waals surface area contributed by atoms with Gasteiger partial charge in [-0.05, 0) is 49.4 Å². The predicted octanol–water partition coefficient (Wildman–Crippen LogP) is 2.08. The third-order valence-electron chi connectivity index (χ3n) is 4.56. The molecular weight excluding hydrogens is 256 g/mol. The quantitative estimate of drug-likeness (QED) is 0.638. The molecule has 0 aromatic rings. The summed E-state index contributed by atoms with van der Waals surface area (Å²) in [6, 6.07) is -0.233. The smallest absolute Gasteiger partial charge is 0.314 e. The van der Waals surface area contributed by atoms with Gasteiger partial charge in [0, 0.05) is 13.1 Å². The van der Waals surface area contributed by atoms with Gasteiger partial charge in [-0.3, -0.25) is 4.79 Å². The molecule has 5 nitrogen and oxygen atoms in total. The number of carbonyl (C=O) groups excluding carboxylic acids is 1. The zero-order chi connectivity index (χ0) is 14.7. The molecule has 114 valence electrons. The van der Waals surface area contributed by atoms with Crippen molar-refractivity contribution in [2.24, 2.45) is 29.6 Å². The fraction of sp³-hybridized carbons (Fsp3) is 0.867. The zero-order valence-corrected chi connectivity index (χ0v) is 12.4. The lowest BCUT2D eigenvalue weighted by molar-refractivity contribution is -0.142. The number of amides is 2. The highest BCUT2D eigenvalue weighted by Gasteiger charge is 2.41. The maximum absolute atomic E-state index is 11.8. The molecule has 0 saturated heterocycles. The Bertz CT molecular complexity index is 350. The SMILES string of the molecule is CC(C)C(CNC(=O)NCC(C1CC1)C1CC1)C(=O)O. The molecule has 0 aliphatic heterocycles. The second kappa shape index (κ2) is 6.46. The molecule has 2 saturated carbocycles. The molecule has 1 unspecified atom stereocenters. The molecule has 20 heavy (non-hydrogen) atoms. The number of nitrogens with one attached hydrogen (secondary N) is 2. The summed E-state index contributed by atoms with van der Waals surface area (Å²) >= 11 is 0. The molecule has 0 aromatic heterocycles. The standard InChI is InChI=1S/C15H26N2O3/c1-9(2)12(14(18)19)7-16-15(20)17-8-13(10-3-4-10)11-5-6-11/h9-13H,3-8H2,1-2H3,(H,18,19)(H2,16,17,20). The fourth-order valence-corrected chi connectivity index (χ4v) is 2.85. The first-order valence-electron chi connectivity index (χ1n) is 7.73. The van der Waals surface area contributed by atoms with Crippen LogP contribution in [0.5, 0.6) is 0 Å². The number of rotatable bonds is 8. The van der Waals surface area contributed by atoms with E-state index in [9.17, 15) is 9.59 Å². The Balaban J connectivity index is 1.68. The van der Waals surface area contributed by atoms with Crippen LogP contribution in [-0.4, -0.2) is 30.2 Å². The lowest BCUT2D eigenvalue weighted by Crippen LogP contribution is -2.43. The monoisotopic (exact) mass is 282 g/mol. The summed E-state index contributed by atoms with van der Waals surface area (Å²) < 4.78 is 0. The molecule has 0 bridgehead atoms. The van der Waals surface area contributed by atoms with Crippen molar-refractivity contribution in [3.8, 4) is 0 Å². The molecule has 2 rings (SSSR count). The predicted molar refractivity (Wildman–Crippen MR) is 76.3 cm³/mol. The topological polar surface area (TPSA) is 78.4 Å². The molecule has 2 fully saturated rings. The maximum Gasteiger partial charge on any atom is 0.314 e. The van der Waals surface area contributed by atoms with E-state index in [0.717, 1.165) is 18.4 Å². The van der Waals surface area contributed by atoms with Crippen LogP contribution in [0, 0.1) is 29.6 Å². The number of hydrogen-bond donors (Lipinski definition) is 3. The fourth-order valence-electron chi connectivity index (χ4n) is 2.85. The van der Waals surface area contributed by atoms with Crippen molar-refractivity contribution < 1.29 is 14.7 Å². The van der Waals surface area contributed by atoms with Crippen molar-refractivity contribution >= 4 is 12.0 Å². The molecule has 5 heteroatoms. The average Bonchev–Trinajstić information content (AvgIpc) is 3.23. The summed E-state index contributed by atoms with van der Waals surface area (Å²) in [6.45, 7) is 4.64. The molecule has 2 aliphatic rings. The molecule has 1 atom stereocenters. The van der Waals surface area contributed by atoms with E-state index in [1.54, 1.807) is 0 Å². The minimum Gasteiger partial charge on any atom is -0.481 e. The average molecular weight is 282 g/mol. The van der Waals surface area contributed by atoms with Gasteiger partial charge in [0.15, 0.2) is 0 Å². The van der Waals surface area contributed by atoms with Crippen molar-refractivity contribution in [3.05, 3.63) is 0 Å². The van der Waals surface area contributed by atoms with E-state index in [0.29, 0.717) is 5.92 Å². The minimum atomic E-state index is -0.853. The molecule has 0 radical (unpaired) electrons. The first kappa shape index (κ1) is 15.1. The highest BCUT2D eigenvalue weighted by atomic mass is 16.4. The van der Waals surface area contributed by atoms with Gasteiger partial charge < -0.3 is 15.7 Å². The Morgan fingerprint density at radius 3 is 1.95 bits per heavy atom. The Morgan fingerprint density at radius 1 is 1.05 bits per heavy atom. The highest BCUT2D eigenvalue weighted by molar-refractivity contribution is 5.75. The Kier molecular flexibility index (Phi) is 4.89. The van der Waals surface area contributed by atoms with Gasteiger partial charge in [0.2, 0.25) is 0 Å². The van der Waals surface area contributed by atoms with Gasteiger partial charge in [-0.15, -0.1) is 0 Å². The lowest BCUT2D eigenvalue weighted by Gasteiger charge is -2.19. The molecule has 2 amide bonds. The van der Waals surface area contributed by atoms with Gasteiger partial charge in [-0.1, -0.05) is 13.8 Å². The first-order valence-corrected chi connectivity index (χ1v) is 7.73. The molecule has 3 N–H and O–H groups in total. The zero-order valence-electron chi connectivity index (χ0n) is 12.4. The lowest BCUT2D eigenvalue weighted by atomic mass is 9.96. The van der Waals surface area contributed by atoms with Crippen LogP contribution >= 0.6 is 0 Å². The summed E-state index contributed by atoms with van der Waals surface area (Å²) in [6.07, 6.45) is 5.22. The van der Waals surface area contributed by atoms with Crippen molar-refractivity contribution in [3.63, 3.8) is 0 Å². The first-order chi connectivity index (χ1) is 9.49. The van der Waals surface area contributed by atoms with Crippen LogP contribution in [0.15, 0.2) is 0 Å². The normalized spacial score (nSPS) is 20.0. The van der Waals surface area contributed by atoms with Crippen LogP contribution in [0.1, 0.15) is 39.5 Å².